The van der Waals surface area contributed by atoms with Crippen LogP contribution in [-0.4, -0.2) is 29.5 Å². The van der Waals surface area contributed by atoms with Crippen molar-refractivity contribution in [2.45, 2.75) is 12.6 Å². The third kappa shape index (κ3) is 4.80. The van der Waals surface area contributed by atoms with E-state index >= 15 is 0 Å². The summed E-state index contributed by atoms with van der Waals surface area (Å²) < 4.78 is 5.65. The molecule has 4 nitrogen and oxygen atoms in total. The first kappa shape index (κ1) is 21.2. The molecule has 0 spiro atoms. The third-order valence-electron chi connectivity index (χ3n) is 4.24. The van der Waals surface area contributed by atoms with E-state index in [0.717, 1.165) is 41.8 Å². The maximum Gasteiger partial charge on any atom is 0.236 e. The minimum Gasteiger partial charge on any atom is -0.444 e. The summed E-state index contributed by atoms with van der Waals surface area (Å²) in [5.74, 6) is 0.703. The number of oxazole rings is 1. The van der Waals surface area contributed by atoms with Crippen LogP contribution in [0, 0.1) is 0 Å². The molecule has 1 fully saturated rings. The number of thiophene rings is 1. The Hall–Kier alpha value is -1.08. The van der Waals surface area contributed by atoms with Gasteiger partial charge in [0, 0.05) is 37.2 Å². The van der Waals surface area contributed by atoms with Gasteiger partial charge in [0.2, 0.25) is 5.89 Å². The minimum atomic E-state index is 0. The molecule has 0 amide bonds. The number of halogens is 3. The SMILES string of the molecule is Cl.Cl.Clc1cccc(C2CNCCN2Cc2coc(-c3cccs3)n2)c1. The van der Waals surface area contributed by atoms with Gasteiger partial charge < -0.3 is 9.73 Å². The van der Waals surface area contributed by atoms with Crippen LogP contribution in [0.15, 0.2) is 52.5 Å². The predicted molar refractivity (Wildman–Crippen MR) is 112 cm³/mol. The highest BCUT2D eigenvalue weighted by molar-refractivity contribution is 7.13. The second kappa shape index (κ2) is 9.74. The summed E-state index contributed by atoms with van der Waals surface area (Å²) in [6.07, 6.45) is 1.77. The maximum atomic E-state index is 6.17. The van der Waals surface area contributed by atoms with E-state index in [1.165, 1.54) is 5.56 Å². The number of hydrogen-bond donors (Lipinski definition) is 1. The topological polar surface area (TPSA) is 41.3 Å². The molecule has 8 heteroatoms. The zero-order chi connectivity index (χ0) is 16.4. The van der Waals surface area contributed by atoms with E-state index in [1.54, 1.807) is 17.6 Å². The fraction of sp³-hybridized carbons (Fsp3) is 0.278. The first-order chi connectivity index (χ1) is 11.8. The van der Waals surface area contributed by atoms with Crippen molar-refractivity contribution in [3.63, 3.8) is 0 Å². The van der Waals surface area contributed by atoms with Crippen LogP contribution < -0.4 is 5.32 Å². The van der Waals surface area contributed by atoms with Crippen LogP contribution in [0.3, 0.4) is 0 Å². The molecule has 1 aromatic carbocycles. The van der Waals surface area contributed by atoms with Crippen LogP contribution in [0.2, 0.25) is 5.02 Å². The molecule has 1 aliphatic heterocycles. The molecule has 1 unspecified atom stereocenters. The van der Waals surface area contributed by atoms with E-state index in [1.807, 2.05) is 35.7 Å². The number of piperazine rings is 1. The van der Waals surface area contributed by atoms with Gasteiger partial charge in [-0.1, -0.05) is 29.8 Å². The van der Waals surface area contributed by atoms with Crippen LogP contribution in [0.25, 0.3) is 10.8 Å². The molecule has 0 saturated carbocycles. The molecule has 1 saturated heterocycles. The monoisotopic (exact) mass is 431 g/mol. The molecule has 1 atom stereocenters. The van der Waals surface area contributed by atoms with Gasteiger partial charge in [-0.15, -0.1) is 36.2 Å². The molecule has 2 aromatic heterocycles. The summed E-state index contributed by atoms with van der Waals surface area (Å²) in [5.41, 5.74) is 2.20. The lowest BCUT2D eigenvalue weighted by Crippen LogP contribution is -2.45. The number of benzene rings is 1. The fourth-order valence-electron chi connectivity index (χ4n) is 3.08. The average Bonchev–Trinajstić information content (AvgIpc) is 3.26. The van der Waals surface area contributed by atoms with E-state index in [-0.39, 0.29) is 24.8 Å². The van der Waals surface area contributed by atoms with Gasteiger partial charge in [-0.05, 0) is 29.1 Å². The molecule has 4 rings (SSSR count). The van der Waals surface area contributed by atoms with Gasteiger partial charge in [-0.25, -0.2) is 4.98 Å². The highest BCUT2D eigenvalue weighted by atomic mass is 35.5. The van der Waals surface area contributed by atoms with Gasteiger partial charge in [0.25, 0.3) is 0 Å². The van der Waals surface area contributed by atoms with Gasteiger partial charge >= 0.3 is 0 Å². The van der Waals surface area contributed by atoms with Crippen LogP contribution in [0.1, 0.15) is 17.3 Å². The number of hydrogen-bond acceptors (Lipinski definition) is 5. The maximum absolute atomic E-state index is 6.17. The summed E-state index contributed by atoms with van der Waals surface area (Å²) in [6.45, 7) is 3.63. The quantitative estimate of drug-likeness (QED) is 0.626. The van der Waals surface area contributed by atoms with Crippen molar-refractivity contribution in [2.75, 3.05) is 19.6 Å². The first-order valence-corrected chi connectivity index (χ1v) is 9.24. The van der Waals surface area contributed by atoms with Crippen LogP contribution in [0.5, 0.6) is 0 Å². The van der Waals surface area contributed by atoms with Gasteiger partial charge in [-0.2, -0.15) is 0 Å². The van der Waals surface area contributed by atoms with E-state index in [2.05, 4.69) is 21.3 Å². The lowest BCUT2D eigenvalue weighted by molar-refractivity contribution is 0.152. The molecular formula is C18H20Cl3N3OS. The standard InChI is InChI=1S/C18H18ClN3OS.2ClH/c19-14-4-1-3-13(9-14)16-10-20-6-7-22(16)11-15-12-23-18(21-15)17-5-2-8-24-17;;/h1-5,8-9,12,16,20H,6-7,10-11H2;2*1H. The Morgan fingerprint density at radius 1 is 1.27 bits per heavy atom. The average molecular weight is 433 g/mol. The lowest BCUT2D eigenvalue weighted by atomic mass is 10.0. The van der Waals surface area contributed by atoms with Crippen molar-refractivity contribution in [3.8, 4) is 10.8 Å². The van der Waals surface area contributed by atoms with Gasteiger partial charge in [0.05, 0.1) is 10.6 Å². The Labute approximate surface area is 174 Å². The Kier molecular flexibility index (Phi) is 7.95. The number of aromatic nitrogens is 1. The summed E-state index contributed by atoms with van der Waals surface area (Å²) in [4.78, 5) is 8.14. The molecule has 1 aliphatic rings. The van der Waals surface area contributed by atoms with Crippen LogP contribution in [0.4, 0.5) is 0 Å². The fourth-order valence-corrected chi connectivity index (χ4v) is 3.93. The molecular weight excluding hydrogens is 413 g/mol. The summed E-state index contributed by atoms with van der Waals surface area (Å²) in [5, 5.41) is 6.28. The van der Waals surface area contributed by atoms with Gasteiger partial charge in [-0.3, -0.25) is 4.90 Å². The smallest absolute Gasteiger partial charge is 0.236 e. The lowest BCUT2D eigenvalue weighted by Gasteiger charge is -2.36. The van der Waals surface area contributed by atoms with Crippen molar-refractivity contribution in [2.24, 2.45) is 0 Å². The summed E-state index contributed by atoms with van der Waals surface area (Å²) >= 11 is 7.81. The van der Waals surface area contributed by atoms with E-state index in [0.29, 0.717) is 11.9 Å². The Morgan fingerprint density at radius 3 is 2.92 bits per heavy atom. The highest BCUT2D eigenvalue weighted by Crippen LogP contribution is 2.28. The van der Waals surface area contributed by atoms with Crippen LogP contribution in [-0.2, 0) is 6.54 Å². The van der Waals surface area contributed by atoms with E-state index < -0.39 is 0 Å². The predicted octanol–water partition coefficient (Wildman–Crippen LogP) is 5.05. The number of nitrogens with zero attached hydrogens (tertiary/aromatic N) is 2. The molecule has 140 valence electrons. The zero-order valence-corrected chi connectivity index (χ0v) is 17.1. The van der Waals surface area contributed by atoms with Gasteiger partial charge in [0.15, 0.2) is 0 Å². The second-order valence-corrected chi connectivity index (χ2v) is 7.25. The second-order valence-electron chi connectivity index (χ2n) is 5.87. The molecule has 3 heterocycles. The number of rotatable bonds is 4. The van der Waals surface area contributed by atoms with Crippen molar-refractivity contribution >= 4 is 47.8 Å². The molecule has 0 bridgehead atoms. The van der Waals surface area contributed by atoms with Crippen molar-refractivity contribution in [1.82, 2.24) is 15.2 Å². The Morgan fingerprint density at radius 2 is 2.15 bits per heavy atom. The molecule has 1 N–H and O–H groups in total. The van der Waals surface area contributed by atoms with Crippen molar-refractivity contribution in [1.29, 1.82) is 0 Å². The third-order valence-corrected chi connectivity index (χ3v) is 5.33. The normalized spacial score (nSPS) is 17.3. The summed E-state index contributed by atoms with van der Waals surface area (Å²) in [7, 11) is 0. The highest BCUT2D eigenvalue weighted by Gasteiger charge is 2.25. The zero-order valence-electron chi connectivity index (χ0n) is 13.9. The Balaban J connectivity index is 0.00000121. The van der Waals surface area contributed by atoms with E-state index in [4.69, 9.17) is 16.0 Å². The summed E-state index contributed by atoms with van der Waals surface area (Å²) in [6, 6.07) is 12.4. The molecule has 0 aliphatic carbocycles. The molecule has 26 heavy (non-hydrogen) atoms. The molecule has 0 radical (unpaired) electrons. The number of nitrogens with one attached hydrogen (secondary N) is 1. The van der Waals surface area contributed by atoms with Crippen molar-refractivity contribution < 1.29 is 4.42 Å². The van der Waals surface area contributed by atoms with Gasteiger partial charge in [0.1, 0.15) is 6.26 Å². The first-order valence-electron chi connectivity index (χ1n) is 7.98. The molecule has 3 aromatic rings. The Bertz CT molecular complexity index is 810. The van der Waals surface area contributed by atoms with Crippen molar-refractivity contribution in [3.05, 3.63) is 64.3 Å². The van der Waals surface area contributed by atoms with E-state index in [9.17, 15) is 0 Å². The largest absolute Gasteiger partial charge is 0.444 e. The minimum absolute atomic E-state index is 0. The van der Waals surface area contributed by atoms with Crippen LogP contribution >= 0.6 is 47.8 Å².